The van der Waals surface area contributed by atoms with Crippen LogP contribution in [0.4, 0.5) is 5.69 Å². The highest BCUT2D eigenvalue weighted by Gasteiger charge is 2.66. The third-order valence-corrected chi connectivity index (χ3v) is 7.22. The number of fused-ring (bicyclic) bond motifs is 2. The van der Waals surface area contributed by atoms with Gasteiger partial charge < -0.3 is 14.8 Å². The van der Waals surface area contributed by atoms with Crippen LogP contribution < -0.4 is 10.1 Å². The van der Waals surface area contributed by atoms with Gasteiger partial charge in [-0.05, 0) is 37.4 Å². The van der Waals surface area contributed by atoms with Gasteiger partial charge in [-0.2, -0.15) is 0 Å². The van der Waals surface area contributed by atoms with E-state index in [0.717, 1.165) is 38.1 Å². The fraction of sp³-hybridized carbons (Fsp3) is 0.571. The molecule has 0 aromatic heterocycles. The van der Waals surface area contributed by atoms with Crippen molar-refractivity contribution in [1.82, 2.24) is 4.90 Å². The quantitative estimate of drug-likeness (QED) is 0.668. The van der Waals surface area contributed by atoms with Crippen molar-refractivity contribution < 1.29 is 14.3 Å². The molecule has 138 valence electrons. The Morgan fingerprint density at radius 3 is 3.04 bits per heavy atom. The second-order valence-electron chi connectivity index (χ2n) is 8.25. The van der Waals surface area contributed by atoms with Gasteiger partial charge >= 0.3 is 5.97 Å². The Morgan fingerprint density at radius 1 is 1.35 bits per heavy atom. The standard InChI is InChI=1S/C21H26N2O3/c1-25-14-4-5-15-16-6-11-23-10-3-7-20(13-18(24)26-2)8-9-21(16,19(20)23)22-17(15)12-14/h3-5,7,12,16,19,22H,6,8-11,13H2,1-2H3. The summed E-state index contributed by atoms with van der Waals surface area (Å²) in [6.45, 7) is 2.06. The molecule has 2 fully saturated rings. The number of hydrogen-bond donors (Lipinski definition) is 1. The number of carbonyl (C=O) groups is 1. The van der Waals surface area contributed by atoms with Gasteiger partial charge in [0.1, 0.15) is 5.75 Å². The predicted molar refractivity (Wildman–Crippen MR) is 99.5 cm³/mol. The Balaban J connectivity index is 1.59. The molecule has 3 aliphatic heterocycles. The maximum Gasteiger partial charge on any atom is 0.306 e. The summed E-state index contributed by atoms with van der Waals surface area (Å²) in [6.07, 6.45) is 8.30. The highest BCUT2D eigenvalue weighted by atomic mass is 16.5. The zero-order chi connectivity index (χ0) is 17.9. The first-order chi connectivity index (χ1) is 12.6. The maximum atomic E-state index is 12.2. The van der Waals surface area contributed by atoms with Crippen LogP contribution in [0.15, 0.2) is 30.4 Å². The highest BCUT2D eigenvalue weighted by Crippen LogP contribution is 2.63. The van der Waals surface area contributed by atoms with Crippen molar-refractivity contribution in [3.05, 3.63) is 35.9 Å². The molecule has 1 spiro atoms. The lowest BCUT2D eigenvalue weighted by atomic mass is 9.66. The van der Waals surface area contributed by atoms with Gasteiger partial charge in [0.25, 0.3) is 0 Å². The predicted octanol–water partition coefficient (Wildman–Crippen LogP) is 2.93. The summed E-state index contributed by atoms with van der Waals surface area (Å²) in [7, 11) is 3.21. The SMILES string of the molecule is COC(=O)CC12C=CCN3CCC4c5ccc(OC)cc5NC4(CC1)C32. The number of benzene rings is 1. The molecule has 0 bridgehead atoms. The number of nitrogens with one attached hydrogen (secondary N) is 1. The monoisotopic (exact) mass is 354 g/mol. The van der Waals surface area contributed by atoms with E-state index in [4.69, 9.17) is 9.47 Å². The second-order valence-corrected chi connectivity index (χ2v) is 8.25. The van der Waals surface area contributed by atoms with E-state index in [1.807, 2.05) is 0 Å². The van der Waals surface area contributed by atoms with E-state index in [-0.39, 0.29) is 16.9 Å². The number of ether oxygens (including phenoxy) is 2. The Bertz CT molecular complexity index is 791. The molecule has 1 saturated heterocycles. The van der Waals surface area contributed by atoms with Crippen molar-refractivity contribution in [3.63, 3.8) is 0 Å². The van der Waals surface area contributed by atoms with Crippen LogP contribution in [0.1, 0.15) is 37.2 Å². The smallest absolute Gasteiger partial charge is 0.306 e. The maximum absolute atomic E-state index is 12.2. The van der Waals surface area contributed by atoms with E-state index >= 15 is 0 Å². The van der Waals surface area contributed by atoms with Gasteiger partial charge in [0, 0.05) is 35.7 Å². The van der Waals surface area contributed by atoms with Crippen LogP contribution in [0.25, 0.3) is 0 Å². The summed E-state index contributed by atoms with van der Waals surface area (Å²) < 4.78 is 10.5. The molecule has 1 aliphatic carbocycles. The molecular formula is C21H26N2O3. The summed E-state index contributed by atoms with van der Waals surface area (Å²) in [5.41, 5.74) is 2.50. The molecule has 4 atom stereocenters. The normalized spacial score (nSPS) is 36.7. The zero-order valence-electron chi connectivity index (χ0n) is 15.5. The van der Waals surface area contributed by atoms with Gasteiger partial charge in [-0.15, -0.1) is 0 Å². The number of carbonyl (C=O) groups excluding carboxylic acids is 1. The number of nitrogens with zero attached hydrogens (tertiary/aromatic N) is 1. The van der Waals surface area contributed by atoms with Crippen LogP contribution in [0.2, 0.25) is 0 Å². The summed E-state index contributed by atoms with van der Waals surface area (Å²) in [5.74, 6) is 1.29. The molecule has 1 saturated carbocycles. The first kappa shape index (κ1) is 16.2. The summed E-state index contributed by atoms with van der Waals surface area (Å²) in [6, 6.07) is 6.76. The summed E-state index contributed by atoms with van der Waals surface area (Å²) in [5, 5.41) is 3.92. The van der Waals surface area contributed by atoms with Gasteiger partial charge in [-0.25, -0.2) is 0 Å². The molecule has 5 heteroatoms. The molecule has 5 rings (SSSR count). The molecule has 0 radical (unpaired) electrons. The zero-order valence-corrected chi connectivity index (χ0v) is 15.5. The van der Waals surface area contributed by atoms with Gasteiger partial charge in [-0.1, -0.05) is 18.2 Å². The first-order valence-electron chi connectivity index (χ1n) is 9.56. The van der Waals surface area contributed by atoms with Gasteiger partial charge in [0.2, 0.25) is 0 Å². The minimum atomic E-state index is -0.122. The second kappa shape index (κ2) is 5.49. The lowest BCUT2D eigenvalue weighted by Crippen LogP contribution is -2.64. The van der Waals surface area contributed by atoms with E-state index in [1.165, 1.54) is 18.4 Å². The average Bonchev–Trinajstić information content (AvgIpc) is 3.16. The molecule has 1 aromatic carbocycles. The third-order valence-electron chi connectivity index (χ3n) is 7.22. The van der Waals surface area contributed by atoms with E-state index < -0.39 is 0 Å². The molecule has 4 unspecified atom stereocenters. The van der Waals surface area contributed by atoms with Gasteiger partial charge in [0.15, 0.2) is 0 Å². The lowest BCUT2D eigenvalue weighted by Gasteiger charge is -2.54. The van der Waals surface area contributed by atoms with Crippen molar-refractivity contribution in [2.45, 2.75) is 43.2 Å². The Morgan fingerprint density at radius 2 is 2.23 bits per heavy atom. The number of hydrogen-bond acceptors (Lipinski definition) is 5. The van der Waals surface area contributed by atoms with Crippen LogP contribution in [-0.4, -0.2) is 49.8 Å². The van der Waals surface area contributed by atoms with Crippen LogP contribution in [0, 0.1) is 5.41 Å². The van der Waals surface area contributed by atoms with Crippen LogP contribution in [0.3, 0.4) is 0 Å². The Kier molecular flexibility index (Phi) is 3.42. The summed E-state index contributed by atoms with van der Waals surface area (Å²) in [4.78, 5) is 14.8. The fourth-order valence-corrected chi connectivity index (χ4v) is 6.32. The highest BCUT2D eigenvalue weighted by molar-refractivity contribution is 5.72. The molecule has 5 nitrogen and oxygen atoms in total. The topological polar surface area (TPSA) is 50.8 Å². The molecule has 26 heavy (non-hydrogen) atoms. The number of methoxy groups -OCH3 is 2. The van der Waals surface area contributed by atoms with Crippen molar-refractivity contribution in [1.29, 1.82) is 0 Å². The average molecular weight is 354 g/mol. The third kappa shape index (κ3) is 1.98. The van der Waals surface area contributed by atoms with Crippen LogP contribution >= 0.6 is 0 Å². The number of anilines is 1. The van der Waals surface area contributed by atoms with E-state index in [2.05, 4.69) is 40.6 Å². The molecule has 0 amide bonds. The molecule has 4 aliphatic rings. The molecule has 3 heterocycles. The lowest BCUT2D eigenvalue weighted by molar-refractivity contribution is -0.144. The molecule has 1 N–H and O–H groups in total. The fourth-order valence-electron chi connectivity index (χ4n) is 6.32. The van der Waals surface area contributed by atoms with E-state index in [0.29, 0.717) is 18.4 Å². The van der Waals surface area contributed by atoms with Crippen molar-refractivity contribution in [2.75, 3.05) is 32.6 Å². The number of esters is 1. The van der Waals surface area contributed by atoms with Gasteiger partial charge in [-0.3, -0.25) is 9.69 Å². The minimum absolute atomic E-state index is 0.00568. The number of piperidine rings is 1. The minimum Gasteiger partial charge on any atom is -0.497 e. The van der Waals surface area contributed by atoms with Crippen molar-refractivity contribution in [3.8, 4) is 5.75 Å². The van der Waals surface area contributed by atoms with E-state index in [9.17, 15) is 4.79 Å². The molecule has 1 aromatic rings. The van der Waals surface area contributed by atoms with Gasteiger partial charge in [0.05, 0.1) is 26.2 Å². The van der Waals surface area contributed by atoms with Crippen LogP contribution in [0.5, 0.6) is 5.75 Å². The molecular weight excluding hydrogens is 328 g/mol. The first-order valence-corrected chi connectivity index (χ1v) is 9.56. The van der Waals surface area contributed by atoms with E-state index in [1.54, 1.807) is 7.11 Å². The number of rotatable bonds is 3. The van der Waals surface area contributed by atoms with Crippen molar-refractivity contribution in [2.24, 2.45) is 5.41 Å². The largest absolute Gasteiger partial charge is 0.497 e. The Labute approximate surface area is 154 Å². The van der Waals surface area contributed by atoms with Crippen LogP contribution in [-0.2, 0) is 9.53 Å². The van der Waals surface area contributed by atoms with Crippen molar-refractivity contribution >= 4 is 11.7 Å². The summed E-state index contributed by atoms with van der Waals surface area (Å²) >= 11 is 0. The Hall–Kier alpha value is -2.01.